The van der Waals surface area contributed by atoms with Crippen molar-refractivity contribution in [3.63, 3.8) is 0 Å². The molecule has 0 saturated heterocycles. The lowest BCUT2D eigenvalue weighted by molar-refractivity contribution is 0.307. The van der Waals surface area contributed by atoms with Crippen LogP contribution >= 0.6 is 23.5 Å². The average Bonchev–Trinajstić information content (AvgIpc) is 2.80. The molecule has 2 heterocycles. The molecule has 2 N–H and O–H groups in total. The fourth-order valence-corrected chi connectivity index (χ4v) is 5.67. The maximum Gasteiger partial charge on any atom is 0.144 e. The van der Waals surface area contributed by atoms with Crippen molar-refractivity contribution in [3.8, 4) is 5.75 Å². The molecular formula is C25H18N2OS2. The van der Waals surface area contributed by atoms with E-state index in [4.69, 9.17) is 4.74 Å². The van der Waals surface area contributed by atoms with Gasteiger partial charge in [0.1, 0.15) is 12.4 Å². The van der Waals surface area contributed by atoms with Crippen molar-refractivity contribution in [2.75, 3.05) is 10.6 Å². The first kappa shape index (κ1) is 17.8. The summed E-state index contributed by atoms with van der Waals surface area (Å²) >= 11 is 3.58. The first-order chi connectivity index (χ1) is 14.8. The standard InChI is InChI=1S/C25H18N2OS2/c1-3-9-21-17(6-1)26-19-14-16(12-13-23(19)29-21)15-28-20-8-5-11-24-25(20)27-18-7-2-4-10-22(18)30-24/h1-14,26-27H,15H2. The normalized spacial score (nSPS) is 13.1. The number of hydrogen-bond donors (Lipinski definition) is 2. The monoisotopic (exact) mass is 426 g/mol. The van der Waals surface area contributed by atoms with E-state index in [0.29, 0.717) is 6.61 Å². The van der Waals surface area contributed by atoms with Crippen LogP contribution in [0.2, 0.25) is 0 Å². The Morgan fingerprint density at radius 2 is 1.27 bits per heavy atom. The molecule has 0 fully saturated rings. The second-order valence-corrected chi connectivity index (χ2v) is 9.36. The molecule has 30 heavy (non-hydrogen) atoms. The molecule has 0 amide bonds. The highest BCUT2D eigenvalue weighted by Crippen LogP contribution is 2.48. The second kappa shape index (κ2) is 7.35. The molecule has 0 saturated carbocycles. The van der Waals surface area contributed by atoms with E-state index < -0.39 is 0 Å². The molecule has 0 spiro atoms. The third-order valence-corrected chi connectivity index (χ3v) is 7.46. The third kappa shape index (κ3) is 3.20. The lowest BCUT2D eigenvalue weighted by Gasteiger charge is -2.23. The van der Waals surface area contributed by atoms with Gasteiger partial charge < -0.3 is 15.4 Å². The van der Waals surface area contributed by atoms with E-state index in [0.717, 1.165) is 34.1 Å². The summed E-state index contributed by atoms with van der Waals surface area (Å²) in [7, 11) is 0. The summed E-state index contributed by atoms with van der Waals surface area (Å²) in [4.78, 5) is 4.92. The van der Waals surface area contributed by atoms with Crippen LogP contribution in [0.15, 0.2) is 105 Å². The second-order valence-electron chi connectivity index (χ2n) is 7.19. The van der Waals surface area contributed by atoms with E-state index in [1.54, 1.807) is 23.5 Å². The van der Waals surface area contributed by atoms with Gasteiger partial charge in [-0.25, -0.2) is 0 Å². The highest BCUT2D eigenvalue weighted by molar-refractivity contribution is 8.00. The van der Waals surface area contributed by atoms with Gasteiger partial charge in [0.15, 0.2) is 0 Å². The summed E-state index contributed by atoms with van der Waals surface area (Å²) in [5.74, 6) is 0.875. The average molecular weight is 427 g/mol. The SMILES string of the molecule is c1ccc2c(c1)Nc1cc(COc3cccc4c3Nc3ccccc3S4)ccc1S2. The van der Waals surface area contributed by atoms with E-state index in [1.807, 2.05) is 6.07 Å². The summed E-state index contributed by atoms with van der Waals surface area (Å²) in [5.41, 5.74) is 5.60. The van der Waals surface area contributed by atoms with Gasteiger partial charge in [-0.15, -0.1) is 0 Å². The zero-order valence-corrected chi connectivity index (χ0v) is 17.6. The fraction of sp³-hybridized carbons (Fsp3) is 0.0400. The summed E-state index contributed by atoms with van der Waals surface area (Å²) in [5, 5.41) is 7.09. The molecule has 0 bridgehead atoms. The van der Waals surface area contributed by atoms with Gasteiger partial charge in [-0.3, -0.25) is 0 Å². The van der Waals surface area contributed by atoms with E-state index in [2.05, 4.69) is 89.5 Å². The number of anilines is 4. The Kier molecular flexibility index (Phi) is 4.36. The number of ether oxygens (including phenoxy) is 1. The fourth-order valence-electron chi connectivity index (χ4n) is 3.69. The molecule has 0 aromatic heterocycles. The molecular weight excluding hydrogens is 408 g/mol. The number of benzene rings is 4. The molecule has 2 aliphatic rings. The Bertz CT molecular complexity index is 1270. The van der Waals surface area contributed by atoms with Crippen molar-refractivity contribution < 1.29 is 4.74 Å². The minimum absolute atomic E-state index is 0.520. The van der Waals surface area contributed by atoms with E-state index in [9.17, 15) is 0 Å². The van der Waals surface area contributed by atoms with Crippen molar-refractivity contribution in [3.05, 3.63) is 90.5 Å². The van der Waals surface area contributed by atoms with Crippen LogP contribution in [-0.4, -0.2) is 0 Å². The largest absolute Gasteiger partial charge is 0.487 e. The van der Waals surface area contributed by atoms with Gasteiger partial charge >= 0.3 is 0 Å². The Morgan fingerprint density at radius 1 is 0.600 bits per heavy atom. The molecule has 0 atom stereocenters. The number of hydrogen-bond acceptors (Lipinski definition) is 5. The van der Waals surface area contributed by atoms with Crippen LogP contribution in [0.1, 0.15) is 5.56 Å². The lowest BCUT2D eigenvalue weighted by Crippen LogP contribution is -2.05. The predicted molar refractivity (Wildman–Crippen MR) is 125 cm³/mol. The van der Waals surface area contributed by atoms with Crippen LogP contribution in [0.25, 0.3) is 0 Å². The summed E-state index contributed by atoms with van der Waals surface area (Å²) in [6.07, 6.45) is 0. The molecule has 3 nitrogen and oxygen atoms in total. The highest BCUT2D eigenvalue weighted by Gasteiger charge is 2.19. The van der Waals surface area contributed by atoms with E-state index >= 15 is 0 Å². The predicted octanol–water partition coefficient (Wildman–Crippen LogP) is 7.68. The summed E-state index contributed by atoms with van der Waals surface area (Å²) < 4.78 is 6.26. The number of nitrogens with one attached hydrogen (secondary N) is 2. The van der Waals surface area contributed by atoms with Crippen LogP contribution in [0.4, 0.5) is 22.7 Å². The Morgan fingerprint density at radius 3 is 2.10 bits per heavy atom. The van der Waals surface area contributed by atoms with E-state index in [1.165, 1.54) is 19.6 Å². The van der Waals surface area contributed by atoms with Crippen LogP contribution < -0.4 is 15.4 Å². The smallest absolute Gasteiger partial charge is 0.144 e. The topological polar surface area (TPSA) is 33.3 Å². The third-order valence-electron chi connectivity index (χ3n) is 5.17. The lowest BCUT2D eigenvalue weighted by atomic mass is 10.2. The summed E-state index contributed by atoms with van der Waals surface area (Å²) in [6.45, 7) is 0.520. The molecule has 4 aromatic rings. The van der Waals surface area contributed by atoms with Gasteiger partial charge in [-0.05, 0) is 54.1 Å². The maximum atomic E-state index is 6.26. The van der Waals surface area contributed by atoms with Crippen LogP contribution in [-0.2, 0) is 6.61 Å². The van der Waals surface area contributed by atoms with Crippen molar-refractivity contribution in [1.82, 2.24) is 0 Å². The minimum Gasteiger partial charge on any atom is -0.487 e. The van der Waals surface area contributed by atoms with Crippen molar-refractivity contribution >= 4 is 46.3 Å². The van der Waals surface area contributed by atoms with Crippen molar-refractivity contribution in [1.29, 1.82) is 0 Å². The van der Waals surface area contributed by atoms with E-state index in [-0.39, 0.29) is 0 Å². The van der Waals surface area contributed by atoms with Gasteiger partial charge in [0.2, 0.25) is 0 Å². The molecule has 5 heteroatoms. The molecule has 0 unspecified atom stereocenters. The van der Waals surface area contributed by atoms with Crippen LogP contribution in [0, 0.1) is 0 Å². The van der Waals surface area contributed by atoms with Crippen LogP contribution in [0.3, 0.4) is 0 Å². The van der Waals surface area contributed by atoms with Gasteiger partial charge in [-0.2, -0.15) is 0 Å². The van der Waals surface area contributed by atoms with Gasteiger partial charge in [0, 0.05) is 19.6 Å². The Balaban J connectivity index is 1.23. The molecule has 4 aromatic carbocycles. The Hall–Kier alpha value is -3.02. The highest BCUT2D eigenvalue weighted by atomic mass is 32.2. The Labute approximate surface area is 183 Å². The number of rotatable bonds is 3. The zero-order valence-electron chi connectivity index (χ0n) is 16.0. The first-order valence-corrected chi connectivity index (χ1v) is 11.4. The summed E-state index contributed by atoms with van der Waals surface area (Å²) in [6, 6.07) is 29.5. The molecule has 2 aliphatic heterocycles. The van der Waals surface area contributed by atoms with Gasteiger partial charge in [-0.1, -0.05) is 59.9 Å². The maximum absolute atomic E-state index is 6.26. The van der Waals surface area contributed by atoms with Gasteiger partial charge in [0.05, 0.1) is 22.7 Å². The number of para-hydroxylation sites is 3. The first-order valence-electron chi connectivity index (χ1n) is 9.80. The zero-order chi connectivity index (χ0) is 19.9. The van der Waals surface area contributed by atoms with Crippen LogP contribution in [0.5, 0.6) is 5.75 Å². The van der Waals surface area contributed by atoms with Crippen molar-refractivity contribution in [2.24, 2.45) is 0 Å². The van der Waals surface area contributed by atoms with Crippen molar-refractivity contribution in [2.45, 2.75) is 26.2 Å². The molecule has 0 radical (unpaired) electrons. The number of fused-ring (bicyclic) bond motifs is 4. The molecule has 6 rings (SSSR count). The van der Waals surface area contributed by atoms with Gasteiger partial charge in [0.25, 0.3) is 0 Å². The molecule has 0 aliphatic carbocycles. The quantitative estimate of drug-likeness (QED) is 0.303. The molecule has 146 valence electrons. The minimum atomic E-state index is 0.520.